The van der Waals surface area contributed by atoms with Crippen LogP contribution in [0.1, 0.15) is 11.3 Å². The van der Waals surface area contributed by atoms with Gasteiger partial charge in [-0.05, 0) is 30.7 Å². The van der Waals surface area contributed by atoms with Crippen molar-refractivity contribution in [3.63, 3.8) is 0 Å². The third-order valence-electron chi connectivity index (χ3n) is 3.46. The van der Waals surface area contributed by atoms with E-state index in [0.29, 0.717) is 11.3 Å². The van der Waals surface area contributed by atoms with Gasteiger partial charge in [0.25, 0.3) is 5.69 Å². The molecule has 0 bridgehead atoms. The minimum absolute atomic E-state index is 0.0604. The summed E-state index contributed by atoms with van der Waals surface area (Å²) in [4.78, 5) is 14.2. The molecule has 1 N–H and O–H groups in total. The largest absolute Gasteiger partial charge is 0.307 e. The van der Waals surface area contributed by atoms with Crippen molar-refractivity contribution in [3.8, 4) is 0 Å². The molecule has 0 unspecified atom stereocenters. The second-order valence-corrected chi connectivity index (χ2v) is 6.99. The van der Waals surface area contributed by atoms with Gasteiger partial charge < -0.3 is 4.40 Å². The summed E-state index contributed by atoms with van der Waals surface area (Å²) >= 11 is 0. The van der Waals surface area contributed by atoms with Gasteiger partial charge in [-0.1, -0.05) is 12.1 Å². The first-order chi connectivity index (χ1) is 11.4. The summed E-state index contributed by atoms with van der Waals surface area (Å²) in [6.07, 6.45) is 3.54. The topological polar surface area (TPSA) is 107 Å². The lowest BCUT2D eigenvalue weighted by molar-refractivity contribution is -0.387. The molecule has 1 aromatic carbocycles. The number of aromatic nitrogens is 2. The summed E-state index contributed by atoms with van der Waals surface area (Å²) < 4.78 is 28.8. The number of nitro benzene ring substituents is 1. The second-order valence-electron chi connectivity index (χ2n) is 5.25. The first-order valence-electron chi connectivity index (χ1n) is 7.04. The summed E-state index contributed by atoms with van der Waals surface area (Å²) in [7, 11) is -4.02. The summed E-state index contributed by atoms with van der Waals surface area (Å²) in [6.45, 7) is 1.88. The third-order valence-corrected chi connectivity index (χ3v) is 4.91. The molecule has 3 rings (SSSR count). The van der Waals surface area contributed by atoms with E-state index in [2.05, 4.69) is 9.71 Å². The Balaban J connectivity index is 1.86. The Morgan fingerprint density at radius 3 is 2.79 bits per heavy atom. The van der Waals surface area contributed by atoms with Gasteiger partial charge in [0.1, 0.15) is 5.65 Å². The normalized spacial score (nSPS) is 11.7. The molecule has 9 heteroatoms. The fourth-order valence-electron chi connectivity index (χ4n) is 2.30. The predicted molar refractivity (Wildman–Crippen MR) is 87.1 cm³/mol. The number of pyridine rings is 1. The minimum atomic E-state index is -4.02. The van der Waals surface area contributed by atoms with E-state index in [1.54, 1.807) is 10.6 Å². The summed E-state index contributed by atoms with van der Waals surface area (Å²) in [5, 5.41) is 11.0. The van der Waals surface area contributed by atoms with Crippen molar-refractivity contribution in [3.05, 3.63) is 70.2 Å². The van der Waals surface area contributed by atoms with E-state index in [1.807, 2.05) is 25.3 Å². The molecule has 0 aliphatic rings. The van der Waals surface area contributed by atoms with Crippen LogP contribution in [-0.4, -0.2) is 22.7 Å². The number of nitro groups is 1. The van der Waals surface area contributed by atoms with Crippen LogP contribution in [0.3, 0.4) is 0 Å². The predicted octanol–water partition coefficient (Wildman–Crippen LogP) is 2.03. The average Bonchev–Trinajstić information content (AvgIpc) is 2.95. The van der Waals surface area contributed by atoms with Crippen molar-refractivity contribution >= 4 is 21.4 Å². The van der Waals surface area contributed by atoms with Crippen molar-refractivity contribution in [2.75, 3.05) is 0 Å². The van der Waals surface area contributed by atoms with Crippen LogP contribution in [0.4, 0.5) is 5.69 Å². The molecule has 2 aromatic heterocycles. The average molecular weight is 346 g/mol. The van der Waals surface area contributed by atoms with Crippen LogP contribution in [0.2, 0.25) is 0 Å². The molecule has 0 aliphatic carbocycles. The maximum atomic E-state index is 12.3. The van der Waals surface area contributed by atoms with E-state index in [0.717, 1.165) is 11.6 Å². The highest BCUT2D eigenvalue weighted by molar-refractivity contribution is 7.89. The number of benzene rings is 1. The number of para-hydroxylation sites is 1. The van der Waals surface area contributed by atoms with Gasteiger partial charge in [-0.3, -0.25) is 10.1 Å². The summed E-state index contributed by atoms with van der Waals surface area (Å²) in [6, 6.07) is 9.00. The number of hydrogen-bond donors (Lipinski definition) is 1. The lowest BCUT2D eigenvalue weighted by Crippen LogP contribution is -2.24. The van der Waals surface area contributed by atoms with Crippen LogP contribution in [0.25, 0.3) is 5.65 Å². The number of aryl methyl sites for hydroxylation is 1. The van der Waals surface area contributed by atoms with Gasteiger partial charge in [0, 0.05) is 18.5 Å². The van der Waals surface area contributed by atoms with Gasteiger partial charge in [0.2, 0.25) is 10.0 Å². The molecule has 0 fully saturated rings. The summed E-state index contributed by atoms with van der Waals surface area (Å²) in [5.74, 6) is 0. The Hall–Kier alpha value is -2.78. The second kappa shape index (κ2) is 6.02. The van der Waals surface area contributed by atoms with E-state index in [9.17, 15) is 18.5 Å². The Morgan fingerprint density at radius 2 is 2.04 bits per heavy atom. The fourth-order valence-corrected chi connectivity index (χ4v) is 3.47. The van der Waals surface area contributed by atoms with Gasteiger partial charge >= 0.3 is 0 Å². The lowest BCUT2D eigenvalue weighted by Gasteiger charge is -2.05. The Labute approximate surface area is 138 Å². The number of fused-ring (bicyclic) bond motifs is 1. The van der Waals surface area contributed by atoms with Gasteiger partial charge in [-0.15, -0.1) is 0 Å². The zero-order valence-electron chi connectivity index (χ0n) is 12.7. The highest BCUT2D eigenvalue weighted by Crippen LogP contribution is 2.22. The van der Waals surface area contributed by atoms with Crippen molar-refractivity contribution in [2.45, 2.75) is 18.4 Å². The van der Waals surface area contributed by atoms with Crippen molar-refractivity contribution < 1.29 is 13.3 Å². The Morgan fingerprint density at radius 1 is 1.29 bits per heavy atom. The maximum absolute atomic E-state index is 12.3. The van der Waals surface area contributed by atoms with E-state index in [4.69, 9.17) is 0 Å². The highest BCUT2D eigenvalue weighted by atomic mass is 32.2. The first-order valence-corrected chi connectivity index (χ1v) is 8.52. The van der Waals surface area contributed by atoms with Crippen LogP contribution in [0, 0.1) is 17.0 Å². The molecule has 0 amide bonds. The Bertz CT molecular complexity index is 1030. The fraction of sp³-hybridized carbons (Fsp3) is 0.133. The first kappa shape index (κ1) is 16.1. The molecule has 24 heavy (non-hydrogen) atoms. The SMILES string of the molecule is Cc1ccn2cc(CNS(=O)(=O)c3ccccc3[N+](=O)[O-])nc2c1. The number of nitrogens with one attached hydrogen (secondary N) is 1. The molecule has 8 nitrogen and oxygen atoms in total. The molecule has 2 heterocycles. The molecule has 0 saturated heterocycles. The maximum Gasteiger partial charge on any atom is 0.289 e. The van der Waals surface area contributed by atoms with E-state index in [1.165, 1.54) is 18.2 Å². The van der Waals surface area contributed by atoms with E-state index < -0.39 is 20.6 Å². The van der Waals surface area contributed by atoms with Gasteiger partial charge in [0.15, 0.2) is 4.90 Å². The standard InChI is InChI=1S/C15H14N4O4S/c1-11-6-7-18-10-12(17-15(18)8-11)9-16-24(22,23)14-5-3-2-4-13(14)19(20)21/h2-8,10,16H,9H2,1H3. The van der Waals surface area contributed by atoms with Gasteiger partial charge in [0.05, 0.1) is 17.2 Å². The zero-order chi connectivity index (χ0) is 17.3. The molecule has 0 aliphatic heterocycles. The van der Waals surface area contributed by atoms with Crippen LogP contribution < -0.4 is 4.72 Å². The van der Waals surface area contributed by atoms with Crippen LogP contribution in [-0.2, 0) is 16.6 Å². The van der Waals surface area contributed by atoms with E-state index >= 15 is 0 Å². The van der Waals surface area contributed by atoms with Crippen LogP contribution >= 0.6 is 0 Å². The number of imidazole rings is 1. The van der Waals surface area contributed by atoms with Gasteiger partial charge in [-0.25, -0.2) is 18.1 Å². The minimum Gasteiger partial charge on any atom is -0.307 e. The molecular weight excluding hydrogens is 332 g/mol. The molecule has 0 saturated carbocycles. The Kier molecular flexibility index (Phi) is 4.04. The third kappa shape index (κ3) is 3.12. The number of hydrogen-bond acceptors (Lipinski definition) is 5. The molecule has 0 radical (unpaired) electrons. The van der Waals surface area contributed by atoms with Gasteiger partial charge in [-0.2, -0.15) is 0 Å². The number of nitrogens with zero attached hydrogens (tertiary/aromatic N) is 3. The number of rotatable bonds is 5. The van der Waals surface area contributed by atoms with Crippen LogP contribution in [0.15, 0.2) is 53.7 Å². The van der Waals surface area contributed by atoms with Crippen molar-refractivity contribution in [1.29, 1.82) is 0 Å². The molecule has 3 aromatic rings. The lowest BCUT2D eigenvalue weighted by atomic mass is 10.3. The van der Waals surface area contributed by atoms with E-state index in [-0.39, 0.29) is 11.4 Å². The molecule has 124 valence electrons. The van der Waals surface area contributed by atoms with Crippen molar-refractivity contribution in [2.24, 2.45) is 0 Å². The number of sulfonamides is 1. The molecular formula is C15H14N4O4S. The van der Waals surface area contributed by atoms with Crippen LogP contribution in [0.5, 0.6) is 0 Å². The molecule has 0 atom stereocenters. The summed E-state index contributed by atoms with van der Waals surface area (Å²) in [5.41, 5.74) is 1.80. The molecule has 0 spiro atoms. The quantitative estimate of drug-likeness (QED) is 0.562. The smallest absolute Gasteiger partial charge is 0.289 e. The highest BCUT2D eigenvalue weighted by Gasteiger charge is 2.24. The zero-order valence-corrected chi connectivity index (χ0v) is 13.5. The monoisotopic (exact) mass is 346 g/mol. The van der Waals surface area contributed by atoms with Crippen molar-refractivity contribution in [1.82, 2.24) is 14.1 Å².